The van der Waals surface area contributed by atoms with Gasteiger partial charge < -0.3 is 23.9 Å². The van der Waals surface area contributed by atoms with Gasteiger partial charge in [0, 0.05) is 35.8 Å². The van der Waals surface area contributed by atoms with E-state index in [9.17, 15) is 18.0 Å². The van der Waals surface area contributed by atoms with Gasteiger partial charge in [0.15, 0.2) is 16.5 Å². The van der Waals surface area contributed by atoms with E-state index in [1.54, 1.807) is 63.4 Å². The molecule has 1 unspecified atom stereocenters. The summed E-state index contributed by atoms with van der Waals surface area (Å²) >= 11 is 1.08. The number of hydrogen-bond donors (Lipinski definition) is 1. The third-order valence-corrected chi connectivity index (χ3v) is 10.4. The highest BCUT2D eigenvalue weighted by Gasteiger charge is 2.31. The fraction of sp³-hybridized carbons (Fsp3) is 0.324. The first-order valence-corrected chi connectivity index (χ1v) is 17.5. The Kier molecular flexibility index (Phi) is 10.1. The van der Waals surface area contributed by atoms with Gasteiger partial charge in [-0.2, -0.15) is 0 Å². The molecule has 0 fully saturated rings. The van der Waals surface area contributed by atoms with Crippen LogP contribution in [0.5, 0.6) is 11.5 Å². The van der Waals surface area contributed by atoms with Crippen molar-refractivity contribution in [2.45, 2.75) is 64.2 Å². The summed E-state index contributed by atoms with van der Waals surface area (Å²) < 4.78 is 68.3. The molecule has 1 amide bonds. The summed E-state index contributed by atoms with van der Waals surface area (Å²) in [7, 11) is -1.51. The Hall–Kier alpha value is -4.89. The number of anilines is 1. The lowest BCUT2D eigenvalue weighted by molar-refractivity contribution is 0.0523. The maximum absolute atomic E-state index is 16.1. The molecular formula is C34H37FN4O8S2. The predicted molar refractivity (Wildman–Crippen MR) is 184 cm³/mol. The average Bonchev–Trinajstić information content (AvgIpc) is 3.69. The van der Waals surface area contributed by atoms with Crippen LogP contribution in [0.3, 0.4) is 0 Å². The van der Waals surface area contributed by atoms with Crippen LogP contribution in [0.4, 0.5) is 14.3 Å². The zero-order chi connectivity index (χ0) is 35.7. The number of sulfonamides is 1. The molecule has 2 aromatic heterocycles. The van der Waals surface area contributed by atoms with Gasteiger partial charge >= 0.3 is 11.8 Å². The smallest absolute Gasteiger partial charge is 0.420 e. The Labute approximate surface area is 287 Å². The molecule has 5 rings (SSSR count). The molecule has 3 aromatic carbocycles. The topological polar surface area (TPSA) is 142 Å². The van der Waals surface area contributed by atoms with E-state index in [4.69, 9.17) is 18.6 Å². The molecule has 0 radical (unpaired) electrons. The lowest BCUT2D eigenvalue weighted by Gasteiger charge is -2.23. The molecule has 0 aliphatic rings. The predicted octanol–water partition coefficient (Wildman–Crippen LogP) is 6.55. The van der Waals surface area contributed by atoms with Crippen molar-refractivity contribution in [3.8, 4) is 11.5 Å². The van der Waals surface area contributed by atoms with Crippen molar-refractivity contribution < 1.29 is 36.2 Å². The number of hydrogen-bond acceptors (Lipinski definition) is 10. The fourth-order valence-electron chi connectivity index (χ4n) is 5.43. The summed E-state index contributed by atoms with van der Waals surface area (Å²) in [5, 5.41) is 4.50. The van der Waals surface area contributed by atoms with Crippen molar-refractivity contribution >= 4 is 43.7 Å². The Morgan fingerprint density at radius 1 is 1.14 bits per heavy atom. The summed E-state index contributed by atoms with van der Waals surface area (Å²) in [6.07, 6.45) is 0.845. The van der Waals surface area contributed by atoms with E-state index in [-0.39, 0.29) is 29.3 Å². The van der Waals surface area contributed by atoms with Crippen LogP contribution in [-0.4, -0.2) is 43.9 Å². The van der Waals surface area contributed by atoms with Gasteiger partial charge in [-0.25, -0.2) is 31.7 Å². The van der Waals surface area contributed by atoms with Crippen LogP contribution in [0.1, 0.15) is 56.0 Å². The molecule has 0 aliphatic carbocycles. The van der Waals surface area contributed by atoms with Crippen LogP contribution in [-0.2, 0) is 27.8 Å². The SMILES string of the molecule is COc1ccc(CN(c2nccs2)S(=O)(=O)c2cc(F)c3c(c2)oc(=O)n3C(C)c2cccc(C)c2CNC(=O)OC(C)(C)C)c(OC)c1. The summed E-state index contributed by atoms with van der Waals surface area (Å²) in [5.41, 5.74) is 1.50. The highest BCUT2D eigenvalue weighted by atomic mass is 32.2. The van der Waals surface area contributed by atoms with Crippen LogP contribution in [0.25, 0.3) is 11.1 Å². The normalized spacial score (nSPS) is 12.5. The molecule has 0 aliphatic heterocycles. The van der Waals surface area contributed by atoms with Gasteiger partial charge in [-0.3, -0.25) is 4.57 Å². The number of amides is 1. The number of oxazole rings is 1. The highest BCUT2D eigenvalue weighted by molar-refractivity contribution is 7.93. The molecule has 0 saturated heterocycles. The van der Waals surface area contributed by atoms with E-state index in [1.807, 2.05) is 13.0 Å². The van der Waals surface area contributed by atoms with E-state index < -0.39 is 44.2 Å². The third-order valence-electron chi connectivity index (χ3n) is 7.76. The third kappa shape index (κ3) is 7.42. The summed E-state index contributed by atoms with van der Waals surface area (Å²) in [4.78, 5) is 29.5. The fourth-order valence-corrected chi connectivity index (χ4v) is 7.72. The number of benzene rings is 3. The summed E-state index contributed by atoms with van der Waals surface area (Å²) in [6, 6.07) is 11.6. The summed E-state index contributed by atoms with van der Waals surface area (Å²) in [6.45, 7) is 8.70. The average molecular weight is 713 g/mol. The number of thiazole rings is 1. The van der Waals surface area contributed by atoms with Gasteiger partial charge in [0.05, 0.1) is 31.7 Å². The van der Waals surface area contributed by atoms with E-state index in [0.717, 1.165) is 37.9 Å². The van der Waals surface area contributed by atoms with E-state index in [0.29, 0.717) is 28.2 Å². The molecule has 1 N–H and O–H groups in total. The summed E-state index contributed by atoms with van der Waals surface area (Å²) in [5.74, 6) is -0.964. The van der Waals surface area contributed by atoms with Crippen LogP contribution in [0.15, 0.2) is 74.2 Å². The molecule has 0 bridgehead atoms. The molecule has 49 heavy (non-hydrogen) atoms. The van der Waals surface area contributed by atoms with Crippen LogP contribution in [0, 0.1) is 12.7 Å². The highest BCUT2D eigenvalue weighted by Crippen LogP contribution is 2.35. The zero-order valence-corrected chi connectivity index (χ0v) is 29.7. The lowest BCUT2D eigenvalue weighted by Crippen LogP contribution is -2.32. The first kappa shape index (κ1) is 35.4. The van der Waals surface area contributed by atoms with Gasteiger partial charge in [-0.15, -0.1) is 11.3 Å². The monoisotopic (exact) mass is 712 g/mol. The Morgan fingerprint density at radius 3 is 2.55 bits per heavy atom. The maximum atomic E-state index is 16.1. The van der Waals surface area contributed by atoms with Crippen molar-refractivity contribution in [1.29, 1.82) is 0 Å². The number of methoxy groups -OCH3 is 2. The lowest BCUT2D eigenvalue weighted by atomic mass is 9.96. The van der Waals surface area contributed by atoms with Crippen LogP contribution in [0.2, 0.25) is 0 Å². The molecule has 5 aromatic rings. The van der Waals surface area contributed by atoms with E-state index in [1.165, 1.54) is 20.4 Å². The number of carbonyl (C=O) groups excluding carboxylic acids is 1. The maximum Gasteiger partial charge on any atom is 0.420 e. The molecule has 0 saturated carbocycles. The number of aromatic nitrogens is 2. The Balaban J connectivity index is 1.54. The number of carbonyl (C=O) groups is 1. The second-order valence-electron chi connectivity index (χ2n) is 12.2. The van der Waals surface area contributed by atoms with Crippen molar-refractivity contribution in [3.63, 3.8) is 0 Å². The first-order valence-electron chi connectivity index (χ1n) is 15.2. The number of ether oxygens (including phenoxy) is 3. The molecule has 1 atom stereocenters. The zero-order valence-electron chi connectivity index (χ0n) is 28.1. The van der Waals surface area contributed by atoms with E-state index in [2.05, 4.69) is 10.3 Å². The molecule has 12 nitrogen and oxygen atoms in total. The van der Waals surface area contributed by atoms with Gasteiger partial charge in [0.2, 0.25) is 0 Å². The van der Waals surface area contributed by atoms with Crippen LogP contribution >= 0.6 is 11.3 Å². The standard InChI is InChI=1S/C34H37FN4O8S2/c1-20-9-8-10-25(26(20)18-37-32(40)47-34(3,4)5)21(2)39-30-27(35)16-24(17-29(30)46-33(39)41)49(42,43)38(31-36-13-14-48-31)19-22-11-12-23(44-6)15-28(22)45-7/h8-17,21H,18-19H2,1-7H3,(H,37,40). The minimum atomic E-state index is -4.46. The van der Waals surface area contributed by atoms with Gasteiger partial charge in [-0.05, 0) is 69.5 Å². The largest absolute Gasteiger partial charge is 0.497 e. The van der Waals surface area contributed by atoms with Crippen molar-refractivity contribution in [2.24, 2.45) is 0 Å². The number of nitrogens with one attached hydrogen (secondary N) is 1. The number of alkyl carbamates (subject to hydrolysis) is 1. The number of rotatable bonds is 11. The quantitative estimate of drug-likeness (QED) is 0.161. The minimum absolute atomic E-state index is 0.0856. The molecule has 0 spiro atoms. The second kappa shape index (κ2) is 13.9. The molecular weight excluding hydrogens is 676 g/mol. The Morgan fingerprint density at radius 2 is 1.90 bits per heavy atom. The first-order chi connectivity index (χ1) is 23.1. The number of aryl methyl sites for hydroxylation is 1. The van der Waals surface area contributed by atoms with Crippen molar-refractivity contribution in [2.75, 3.05) is 18.5 Å². The van der Waals surface area contributed by atoms with Gasteiger partial charge in [0.25, 0.3) is 10.0 Å². The van der Waals surface area contributed by atoms with Gasteiger partial charge in [0.1, 0.15) is 22.6 Å². The van der Waals surface area contributed by atoms with Gasteiger partial charge in [-0.1, -0.05) is 18.2 Å². The van der Waals surface area contributed by atoms with Crippen LogP contribution < -0.4 is 24.9 Å². The minimum Gasteiger partial charge on any atom is -0.497 e. The molecule has 15 heteroatoms. The second-order valence-corrected chi connectivity index (χ2v) is 14.9. The molecule has 260 valence electrons. The van der Waals surface area contributed by atoms with Crippen molar-refractivity contribution in [1.82, 2.24) is 14.9 Å². The Bertz CT molecular complexity index is 2160. The van der Waals surface area contributed by atoms with E-state index >= 15 is 4.39 Å². The number of halogens is 1. The number of nitrogens with zero attached hydrogens (tertiary/aromatic N) is 3. The molecule has 2 heterocycles. The van der Waals surface area contributed by atoms with Crippen molar-refractivity contribution in [3.05, 3.63) is 98.7 Å². The number of fused-ring (bicyclic) bond motifs is 1.